The van der Waals surface area contributed by atoms with Crippen molar-refractivity contribution in [2.24, 2.45) is 17.3 Å². The molecular weight excluding hydrogens is 569 g/mol. The van der Waals surface area contributed by atoms with E-state index in [1.165, 1.54) is 0 Å². The van der Waals surface area contributed by atoms with Gasteiger partial charge in [-0.05, 0) is 79.3 Å². The molecule has 0 spiro atoms. The van der Waals surface area contributed by atoms with E-state index >= 15 is 0 Å². The molecule has 4 atom stereocenters. The van der Waals surface area contributed by atoms with Crippen LogP contribution < -0.4 is 0 Å². The Hall–Kier alpha value is -2.09. The number of halogens is 2. The molecule has 2 aromatic rings. The first-order chi connectivity index (χ1) is 18.9. The molecule has 0 radical (unpaired) electrons. The molecule has 1 unspecified atom stereocenters. The highest BCUT2D eigenvalue weighted by atomic mass is 35.5. The van der Waals surface area contributed by atoms with E-state index in [9.17, 15) is 23.1 Å². The number of carboxylic acid groups (broad SMARTS) is 1. The number of hydrogen-bond donors (Lipinski definition) is 1. The largest absolute Gasteiger partial charge is 0.481 e. The smallest absolute Gasteiger partial charge is 0.304 e. The Kier molecular flexibility index (Phi) is 9.58. The normalized spacial score (nSPS) is 24.4. The summed E-state index contributed by atoms with van der Waals surface area (Å²) in [7, 11) is -3.47. The van der Waals surface area contributed by atoms with Crippen molar-refractivity contribution in [1.29, 1.82) is 0 Å². The number of carbonyl (C=O) groups excluding carboxylic acids is 1. The van der Waals surface area contributed by atoms with Gasteiger partial charge in [-0.1, -0.05) is 68.2 Å². The van der Waals surface area contributed by atoms with E-state index in [0.717, 1.165) is 24.0 Å². The summed E-state index contributed by atoms with van der Waals surface area (Å²) >= 11 is 12.7. The first-order valence-electron chi connectivity index (χ1n) is 14.1. The molecule has 1 amide bonds. The summed E-state index contributed by atoms with van der Waals surface area (Å²) in [6, 6.07) is 13.8. The fraction of sp³-hybridized carbons (Fsp3) is 0.548. The van der Waals surface area contributed by atoms with Crippen molar-refractivity contribution in [1.82, 2.24) is 4.90 Å². The van der Waals surface area contributed by atoms with Crippen LogP contribution in [-0.2, 0) is 19.4 Å². The number of sulfone groups is 1. The van der Waals surface area contributed by atoms with E-state index in [0.29, 0.717) is 29.3 Å². The summed E-state index contributed by atoms with van der Waals surface area (Å²) in [6.07, 6.45) is 2.55. The second-order valence-corrected chi connectivity index (χ2v) is 15.1. The predicted molar refractivity (Wildman–Crippen MR) is 159 cm³/mol. The number of aliphatic carboxylic acids is 1. The van der Waals surface area contributed by atoms with Gasteiger partial charge in [0, 0.05) is 22.0 Å². The highest BCUT2D eigenvalue weighted by Crippen LogP contribution is 2.55. The lowest BCUT2D eigenvalue weighted by atomic mass is 9.65. The molecule has 40 heavy (non-hydrogen) atoms. The topological polar surface area (TPSA) is 91.8 Å². The first-order valence-corrected chi connectivity index (χ1v) is 16.7. The van der Waals surface area contributed by atoms with Gasteiger partial charge in [-0.15, -0.1) is 0 Å². The van der Waals surface area contributed by atoms with Gasteiger partial charge in [-0.2, -0.15) is 0 Å². The molecule has 1 aliphatic carbocycles. The van der Waals surface area contributed by atoms with Gasteiger partial charge in [0.1, 0.15) is 0 Å². The Balaban J connectivity index is 1.91. The molecule has 2 fully saturated rings. The van der Waals surface area contributed by atoms with Gasteiger partial charge in [-0.25, -0.2) is 8.42 Å². The average Bonchev–Trinajstić information content (AvgIpc) is 3.73. The summed E-state index contributed by atoms with van der Waals surface area (Å²) in [5, 5.41) is 11.1. The van der Waals surface area contributed by atoms with Crippen LogP contribution in [0.15, 0.2) is 48.5 Å². The molecule has 0 aromatic heterocycles. The molecule has 1 saturated carbocycles. The zero-order valence-corrected chi connectivity index (χ0v) is 25.7. The van der Waals surface area contributed by atoms with Crippen LogP contribution in [0.3, 0.4) is 0 Å². The summed E-state index contributed by atoms with van der Waals surface area (Å²) in [5.74, 6) is -1.39. The highest BCUT2D eigenvalue weighted by molar-refractivity contribution is 7.91. The number of carbonyl (C=O) groups is 2. The third kappa shape index (κ3) is 7.03. The number of carboxylic acids is 1. The van der Waals surface area contributed by atoms with Crippen LogP contribution in [0.4, 0.5) is 0 Å². The second-order valence-electron chi connectivity index (χ2n) is 12.0. The monoisotopic (exact) mass is 607 g/mol. The maximum absolute atomic E-state index is 14.6. The number of likely N-dealkylation sites (tertiary alicyclic amines) is 1. The number of amides is 1. The summed E-state index contributed by atoms with van der Waals surface area (Å²) in [5.41, 5.74) is 0.565. The van der Waals surface area contributed by atoms with Crippen LogP contribution in [0.2, 0.25) is 10.0 Å². The minimum absolute atomic E-state index is 0.0464. The van der Waals surface area contributed by atoms with E-state index < -0.39 is 33.3 Å². The van der Waals surface area contributed by atoms with Crippen LogP contribution >= 0.6 is 23.2 Å². The minimum Gasteiger partial charge on any atom is -0.481 e. The molecule has 1 aliphatic heterocycles. The van der Waals surface area contributed by atoms with Gasteiger partial charge < -0.3 is 10.0 Å². The van der Waals surface area contributed by atoms with Gasteiger partial charge >= 0.3 is 5.97 Å². The van der Waals surface area contributed by atoms with Crippen LogP contribution in [0.5, 0.6) is 0 Å². The van der Waals surface area contributed by atoms with Crippen LogP contribution in [0.1, 0.15) is 82.4 Å². The molecule has 1 saturated heterocycles. The van der Waals surface area contributed by atoms with Gasteiger partial charge in [0.15, 0.2) is 9.84 Å². The Labute approximate surface area is 248 Å². The lowest BCUT2D eigenvalue weighted by Gasteiger charge is -2.53. The molecule has 4 rings (SSSR count). The van der Waals surface area contributed by atoms with Crippen molar-refractivity contribution in [3.63, 3.8) is 0 Å². The molecule has 2 aromatic carbocycles. The molecule has 6 nitrogen and oxygen atoms in total. The number of nitrogens with zero attached hydrogens (tertiary/aromatic N) is 1. The highest BCUT2D eigenvalue weighted by Gasteiger charge is 2.56. The summed E-state index contributed by atoms with van der Waals surface area (Å²) in [4.78, 5) is 28.6. The lowest BCUT2D eigenvalue weighted by Crippen LogP contribution is -2.59. The molecule has 1 heterocycles. The molecule has 1 N–H and O–H groups in total. The van der Waals surface area contributed by atoms with Crippen molar-refractivity contribution in [2.75, 3.05) is 11.5 Å². The number of rotatable bonds is 12. The van der Waals surface area contributed by atoms with E-state index in [4.69, 9.17) is 23.2 Å². The molecule has 9 heteroatoms. The quantitative estimate of drug-likeness (QED) is 0.276. The Morgan fingerprint density at radius 2 is 1.75 bits per heavy atom. The van der Waals surface area contributed by atoms with Gasteiger partial charge in [0.2, 0.25) is 5.91 Å². The van der Waals surface area contributed by atoms with E-state index in [1.807, 2.05) is 51.1 Å². The lowest BCUT2D eigenvalue weighted by molar-refractivity contribution is -0.162. The van der Waals surface area contributed by atoms with Crippen molar-refractivity contribution in [3.8, 4) is 0 Å². The zero-order chi connectivity index (χ0) is 29.2. The van der Waals surface area contributed by atoms with Crippen LogP contribution in [0.25, 0.3) is 0 Å². The molecule has 2 aliphatic rings. The van der Waals surface area contributed by atoms with Crippen molar-refractivity contribution in [2.45, 2.75) is 77.3 Å². The van der Waals surface area contributed by atoms with E-state index in [1.54, 1.807) is 23.1 Å². The predicted octanol–water partition coefficient (Wildman–Crippen LogP) is 7.16. The maximum Gasteiger partial charge on any atom is 0.304 e. The Morgan fingerprint density at radius 3 is 2.30 bits per heavy atom. The summed E-state index contributed by atoms with van der Waals surface area (Å²) in [6.45, 7) is 5.84. The SMILES string of the molecule is CC[C@]1(CC(=O)O)CC(c2cccc(Cl)c2)[C@@H](c2ccc(Cl)cc2)N([C@H](CS(=O)(=O)CCC(C)C)C2CC2)C1=O. The molecular formula is C31H39Cl2NO5S. The van der Waals surface area contributed by atoms with E-state index in [2.05, 4.69) is 0 Å². The van der Waals surface area contributed by atoms with Crippen LogP contribution in [0, 0.1) is 17.3 Å². The third-order valence-corrected chi connectivity index (χ3v) is 10.8. The fourth-order valence-electron chi connectivity index (χ4n) is 6.20. The first kappa shape index (κ1) is 30.9. The Bertz CT molecular complexity index is 1330. The molecule has 0 bridgehead atoms. The number of hydrogen-bond acceptors (Lipinski definition) is 4. The van der Waals surface area contributed by atoms with E-state index in [-0.39, 0.29) is 41.6 Å². The van der Waals surface area contributed by atoms with Crippen molar-refractivity contribution >= 4 is 44.9 Å². The third-order valence-electron chi connectivity index (χ3n) is 8.59. The van der Waals surface area contributed by atoms with Gasteiger partial charge in [-0.3, -0.25) is 9.59 Å². The van der Waals surface area contributed by atoms with Gasteiger partial charge in [0.05, 0.1) is 29.4 Å². The maximum atomic E-state index is 14.6. The standard InChI is InChI=1S/C31H39Cl2NO5S/c1-4-31(18-28(35)36)17-26(23-6-5-7-25(33)16-23)29(22-10-12-24(32)13-11-22)34(30(31)37)27(21-8-9-21)19-40(38,39)15-14-20(2)3/h5-7,10-13,16,20-21,26-27,29H,4,8-9,14-15,17-19H2,1-3H3,(H,35,36)/t26?,27-,29-,31-/m1/s1. The average molecular weight is 609 g/mol. The second kappa shape index (κ2) is 12.4. The minimum atomic E-state index is -3.47. The molecule has 218 valence electrons. The Morgan fingerprint density at radius 1 is 1.07 bits per heavy atom. The van der Waals surface area contributed by atoms with Gasteiger partial charge in [0.25, 0.3) is 0 Å². The number of benzene rings is 2. The number of piperidine rings is 1. The zero-order valence-electron chi connectivity index (χ0n) is 23.4. The van der Waals surface area contributed by atoms with Crippen LogP contribution in [-0.4, -0.2) is 47.8 Å². The summed E-state index contributed by atoms with van der Waals surface area (Å²) < 4.78 is 26.9. The fourth-order valence-corrected chi connectivity index (χ4v) is 8.48. The van der Waals surface area contributed by atoms with Crippen molar-refractivity contribution < 1.29 is 23.1 Å². The van der Waals surface area contributed by atoms with Crippen molar-refractivity contribution in [3.05, 3.63) is 69.7 Å².